The molecule has 2 aromatic carbocycles. The van der Waals surface area contributed by atoms with Crippen molar-refractivity contribution >= 4 is 23.4 Å². The highest BCUT2D eigenvalue weighted by molar-refractivity contribution is 6.46. The number of nitrogens with zero attached hydrogens (tertiary/aromatic N) is 3. The molecule has 9 nitrogen and oxygen atoms in total. The van der Waals surface area contributed by atoms with Gasteiger partial charge in [0.2, 0.25) is 0 Å². The van der Waals surface area contributed by atoms with Crippen molar-refractivity contribution < 1.29 is 29.0 Å². The van der Waals surface area contributed by atoms with Crippen LogP contribution in [0.15, 0.2) is 72.8 Å². The number of aromatic nitrogens is 2. The van der Waals surface area contributed by atoms with Crippen LogP contribution in [0.1, 0.15) is 40.9 Å². The SMILES string of the molecule is CCOc1cccc(C(O)=C2C(=O)C(=O)N(CCCn3ccnc3)C2c2ccc(C(=O)OC)cc2)c1. The van der Waals surface area contributed by atoms with E-state index >= 15 is 0 Å². The highest BCUT2D eigenvalue weighted by atomic mass is 16.5. The predicted molar refractivity (Wildman–Crippen MR) is 131 cm³/mol. The van der Waals surface area contributed by atoms with E-state index in [1.165, 1.54) is 12.0 Å². The summed E-state index contributed by atoms with van der Waals surface area (Å²) in [7, 11) is 1.29. The lowest BCUT2D eigenvalue weighted by Crippen LogP contribution is -2.31. The maximum atomic E-state index is 13.2. The highest BCUT2D eigenvalue weighted by Gasteiger charge is 2.45. The quantitative estimate of drug-likeness (QED) is 0.212. The zero-order chi connectivity index (χ0) is 25.7. The van der Waals surface area contributed by atoms with E-state index in [1.807, 2.05) is 17.7 Å². The van der Waals surface area contributed by atoms with Gasteiger partial charge in [-0.3, -0.25) is 9.59 Å². The molecule has 0 spiro atoms. The van der Waals surface area contributed by atoms with E-state index in [4.69, 9.17) is 9.47 Å². The number of Topliss-reactive ketones (excluding diaryl/α,β-unsaturated/α-hetero) is 1. The third kappa shape index (κ3) is 5.00. The number of aliphatic hydroxyl groups is 1. The molecule has 1 fully saturated rings. The van der Waals surface area contributed by atoms with Crippen LogP contribution in [0, 0.1) is 0 Å². The van der Waals surface area contributed by atoms with E-state index in [-0.39, 0.29) is 17.9 Å². The van der Waals surface area contributed by atoms with Crippen LogP contribution in [0.2, 0.25) is 0 Å². The molecule has 36 heavy (non-hydrogen) atoms. The first-order chi connectivity index (χ1) is 17.4. The van der Waals surface area contributed by atoms with E-state index in [2.05, 4.69) is 4.98 Å². The Labute approximate surface area is 208 Å². The van der Waals surface area contributed by atoms with Crippen molar-refractivity contribution in [3.8, 4) is 5.75 Å². The molecule has 1 unspecified atom stereocenters. The van der Waals surface area contributed by atoms with Crippen molar-refractivity contribution in [3.63, 3.8) is 0 Å². The molecule has 4 rings (SSSR count). The number of hydrogen-bond donors (Lipinski definition) is 1. The second-order valence-corrected chi connectivity index (χ2v) is 8.22. The molecule has 0 radical (unpaired) electrons. The van der Waals surface area contributed by atoms with Gasteiger partial charge in [-0.05, 0) is 43.2 Å². The maximum Gasteiger partial charge on any atom is 0.337 e. The number of carbonyl (C=O) groups excluding carboxylic acids is 3. The minimum absolute atomic E-state index is 0.0119. The average molecular weight is 490 g/mol. The van der Waals surface area contributed by atoms with Crippen molar-refractivity contribution in [1.29, 1.82) is 0 Å². The van der Waals surface area contributed by atoms with Gasteiger partial charge in [0.1, 0.15) is 11.5 Å². The lowest BCUT2D eigenvalue weighted by molar-refractivity contribution is -0.139. The van der Waals surface area contributed by atoms with E-state index in [9.17, 15) is 19.5 Å². The molecule has 1 N–H and O–H groups in total. The summed E-state index contributed by atoms with van der Waals surface area (Å²) in [5.74, 6) is -1.70. The van der Waals surface area contributed by atoms with Gasteiger partial charge in [0.15, 0.2) is 0 Å². The van der Waals surface area contributed by atoms with Gasteiger partial charge in [-0.1, -0.05) is 24.3 Å². The molecule has 1 atom stereocenters. The van der Waals surface area contributed by atoms with Crippen molar-refractivity contribution in [2.75, 3.05) is 20.3 Å². The molecule has 9 heteroatoms. The summed E-state index contributed by atoms with van der Waals surface area (Å²) in [6.45, 7) is 3.17. The van der Waals surface area contributed by atoms with E-state index in [0.29, 0.717) is 42.0 Å². The molecule has 0 saturated carbocycles. The van der Waals surface area contributed by atoms with Crippen LogP contribution in [-0.2, 0) is 20.9 Å². The molecule has 1 amide bonds. The first-order valence-electron chi connectivity index (χ1n) is 11.6. The number of ketones is 1. The molecular formula is C27H27N3O6. The minimum Gasteiger partial charge on any atom is -0.507 e. The Morgan fingerprint density at radius 3 is 2.53 bits per heavy atom. The number of carbonyl (C=O) groups is 3. The average Bonchev–Trinajstić information content (AvgIpc) is 3.50. The van der Waals surface area contributed by atoms with Crippen LogP contribution >= 0.6 is 0 Å². The topological polar surface area (TPSA) is 111 Å². The summed E-state index contributed by atoms with van der Waals surface area (Å²) >= 11 is 0. The number of benzene rings is 2. The standard InChI is InChI=1S/C27H27N3O6/c1-3-36-21-7-4-6-20(16-21)24(31)22-23(18-8-10-19(11-9-18)27(34)35-2)30(26(33)25(22)32)14-5-13-29-15-12-28-17-29/h4,6-12,15-17,23,31H,3,5,13-14H2,1-2H3. The Morgan fingerprint density at radius 2 is 1.86 bits per heavy atom. The van der Waals surface area contributed by atoms with Gasteiger partial charge >= 0.3 is 5.97 Å². The summed E-state index contributed by atoms with van der Waals surface area (Å²) < 4.78 is 12.2. The molecular weight excluding hydrogens is 462 g/mol. The third-order valence-corrected chi connectivity index (χ3v) is 5.98. The monoisotopic (exact) mass is 489 g/mol. The summed E-state index contributed by atoms with van der Waals surface area (Å²) in [6, 6.07) is 12.4. The van der Waals surface area contributed by atoms with Crippen LogP contribution in [0.5, 0.6) is 5.75 Å². The summed E-state index contributed by atoms with van der Waals surface area (Å²) in [4.78, 5) is 43.7. The Bertz CT molecular complexity index is 1280. The molecule has 1 saturated heterocycles. The third-order valence-electron chi connectivity index (χ3n) is 5.98. The normalized spacial score (nSPS) is 16.8. The number of esters is 1. The van der Waals surface area contributed by atoms with E-state index < -0.39 is 23.7 Å². The summed E-state index contributed by atoms with van der Waals surface area (Å²) in [5.41, 5.74) is 1.28. The fourth-order valence-electron chi connectivity index (χ4n) is 4.27. The first-order valence-corrected chi connectivity index (χ1v) is 11.6. The zero-order valence-electron chi connectivity index (χ0n) is 20.1. The molecule has 3 aromatic rings. The second-order valence-electron chi connectivity index (χ2n) is 8.22. The smallest absolute Gasteiger partial charge is 0.337 e. The van der Waals surface area contributed by atoms with Crippen LogP contribution in [0.3, 0.4) is 0 Å². The van der Waals surface area contributed by atoms with Gasteiger partial charge in [0.25, 0.3) is 11.7 Å². The number of aliphatic hydroxyl groups excluding tert-OH is 1. The number of methoxy groups -OCH3 is 1. The van der Waals surface area contributed by atoms with Gasteiger partial charge in [0.05, 0.1) is 37.2 Å². The molecule has 0 aliphatic carbocycles. The van der Waals surface area contributed by atoms with Crippen molar-refractivity contribution in [1.82, 2.24) is 14.5 Å². The Kier molecular flexibility index (Phi) is 7.48. The van der Waals surface area contributed by atoms with Crippen LogP contribution in [0.4, 0.5) is 0 Å². The van der Waals surface area contributed by atoms with Gasteiger partial charge in [-0.25, -0.2) is 9.78 Å². The molecule has 1 aromatic heterocycles. The summed E-state index contributed by atoms with van der Waals surface area (Å²) in [6.07, 6.45) is 5.75. The summed E-state index contributed by atoms with van der Waals surface area (Å²) in [5, 5.41) is 11.2. The molecule has 0 bridgehead atoms. The predicted octanol–water partition coefficient (Wildman–Crippen LogP) is 3.58. The lowest BCUT2D eigenvalue weighted by atomic mass is 9.94. The van der Waals surface area contributed by atoms with E-state index in [0.717, 1.165) is 0 Å². The molecule has 1 aliphatic heterocycles. The fourth-order valence-corrected chi connectivity index (χ4v) is 4.27. The number of likely N-dealkylation sites (tertiary alicyclic amines) is 1. The molecule has 186 valence electrons. The number of hydrogen-bond acceptors (Lipinski definition) is 7. The molecule has 2 heterocycles. The van der Waals surface area contributed by atoms with Crippen LogP contribution in [-0.4, -0.2) is 57.5 Å². The fraction of sp³-hybridized carbons (Fsp3) is 0.259. The Balaban J connectivity index is 1.74. The molecule has 1 aliphatic rings. The number of rotatable bonds is 9. The van der Waals surface area contributed by atoms with Gasteiger partial charge < -0.3 is 24.0 Å². The Hall–Kier alpha value is -4.40. The van der Waals surface area contributed by atoms with Gasteiger partial charge in [0, 0.05) is 31.0 Å². The maximum absolute atomic E-state index is 13.2. The van der Waals surface area contributed by atoms with Gasteiger partial charge in [-0.2, -0.15) is 0 Å². The van der Waals surface area contributed by atoms with E-state index in [1.54, 1.807) is 61.1 Å². The Morgan fingerprint density at radius 1 is 1.08 bits per heavy atom. The van der Waals surface area contributed by atoms with Crippen molar-refractivity contribution in [2.24, 2.45) is 0 Å². The number of aryl methyl sites for hydroxylation is 1. The number of imidazole rings is 1. The zero-order valence-corrected chi connectivity index (χ0v) is 20.1. The van der Waals surface area contributed by atoms with Crippen molar-refractivity contribution in [2.45, 2.75) is 25.9 Å². The van der Waals surface area contributed by atoms with Crippen LogP contribution in [0.25, 0.3) is 5.76 Å². The second kappa shape index (κ2) is 10.9. The lowest BCUT2D eigenvalue weighted by Gasteiger charge is -2.25. The number of ether oxygens (including phenoxy) is 2. The van der Waals surface area contributed by atoms with Crippen molar-refractivity contribution in [3.05, 3.63) is 89.5 Å². The number of amides is 1. The van der Waals surface area contributed by atoms with Gasteiger partial charge in [-0.15, -0.1) is 0 Å². The minimum atomic E-state index is -0.824. The first kappa shape index (κ1) is 24.7. The largest absolute Gasteiger partial charge is 0.507 e. The highest BCUT2D eigenvalue weighted by Crippen LogP contribution is 2.40. The van der Waals surface area contributed by atoms with Crippen LogP contribution < -0.4 is 4.74 Å².